The Morgan fingerprint density at radius 2 is 2.33 bits per heavy atom. The molecule has 0 aromatic heterocycles. The normalized spacial score (nSPS) is 9.22. The van der Waals surface area contributed by atoms with Crippen molar-refractivity contribution in [3.8, 4) is 0 Å². The molecule has 0 rings (SSSR count). The molecule has 9 heavy (non-hydrogen) atoms. The second kappa shape index (κ2) is 5.89. The molecular formula is C6H12N2S. The molecule has 3 heteroatoms. The fourth-order valence-corrected chi connectivity index (χ4v) is 0.516. The van der Waals surface area contributed by atoms with E-state index in [1.54, 1.807) is 0 Å². The van der Waals surface area contributed by atoms with Crippen LogP contribution in [0.2, 0.25) is 0 Å². The second-order valence-corrected chi connectivity index (χ2v) is 2.05. The molecule has 0 saturated carbocycles. The van der Waals surface area contributed by atoms with Crippen LogP contribution in [0.3, 0.4) is 0 Å². The van der Waals surface area contributed by atoms with Crippen LogP contribution < -0.4 is 0 Å². The van der Waals surface area contributed by atoms with E-state index in [1.165, 1.54) is 0 Å². The Kier molecular flexibility index (Phi) is 5.73. The van der Waals surface area contributed by atoms with Crippen molar-refractivity contribution in [2.75, 3.05) is 26.7 Å². The van der Waals surface area contributed by atoms with E-state index >= 15 is 0 Å². The summed E-state index contributed by atoms with van der Waals surface area (Å²) in [5.41, 5.74) is 0. The van der Waals surface area contributed by atoms with Crippen LogP contribution in [0, 0.1) is 0 Å². The number of rotatable bonds is 4. The zero-order valence-electron chi connectivity index (χ0n) is 5.92. The van der Waals surface area contributed by atoms with Gasteiger partial charge in [0, 0.05) is 6.54 Å². The lowest BCUT2D eigenvalue weighted by molar-refractivity contribution is 0.363. The van der Waals surface area contributed by atoms with Crippen molar-refractivity contribution >= 4 is 17.4 Å². The van der Waals surface area contributed by atoms with Gasteiger partial charge in [0.2, 0.25) is 0 Å². The summed E-state index contributed by atoms with van der Waals surface area (Å²) in [6.07, 6.45) is 0. The van der Waals surface area contributed by atoms with Crippen LogP contribution >= 0.6 is 12.2 Å². The van der Waals surface area contributed by atoms with Crippen LogP contribution in [0.15, 0.2) is 4.99 Å². The number of aliphatic imine (C=N–C) groups is 1. The molecule has 0 bridgehead atoms. The Hall–Kier alpha value is -0.240. The van der Waals surface area contributed by atoms with E-state index in [9.17, 15) is 0 Å². The van der Waals surface area contributed by atoms with Gasteiger partial charge >= 0.3 is 0 Å². The maximum atomic E-state index is 4.41. The summed E-state index contributed by atoms with van der Waals surface area (Å²) in [5.74, 6) is 0. The Morgan fingerprint density at radius 1 is 1.67 bits per heavy atom. The Balaban J connectivity index is 3.16. The van der Waals surface area contributed by atoms with Crippen molar-refractivity contribution in [1.82, 2.24) is 4.90 Å². The summed E-state index contributed by atoms with van der Waals surface area (Å²) in [6, 6.07) is 0. The van der Waals surface area contributed by atoms with Crippen molar-refractivity contribution < 1.29 is 0 Å². The molecule has 0 N–H and O–H groups in total. The maximum absolute atomic E-state index is 4.41. The maximum Gasteiger partial charge on any atom is 0.0620 e. The standard InChI is InChI=1S/C6H12N2S/c1-3-8(2)5-4-7-6-9/h3-5H2,1-2H3. The van der Waals surface area contributed by atoms with Gasteiger partial charge in [-0.3, -0.25) is 0 Å². The molecule has 0 aliphatic heterocycles. The van der Waals surface area contributed by atoms with Crippen LogP contribution in [-0.4, -0.2) is 36.7 Å². The van der Waals surface area contributed by atoms with Gasteiger partial charge in [-0.15, -0.1) is 0 Å². The summed E-state index contributed by atoms with van der Waals surface area (Å²) in [7, 11) is 2.05. The average molecular weight is 144 g/mol. The summed E-state index contributed by atoms with van der Waals surface area (Å²) >= 11 is 4.41. The van der Waals surface area contributed by atoms with E-state index in [-0.39, 0.29) is 0 Å². The minimum absolute atomic E-state index is 0.772. The SMILES string of the molecule is CCN(C)CCN=C=S. The van der Waals surface area contributed by atoms with Gasteiger partial charge in [0.1, 0.15) is 0 Å². The zero-order chi connectivity index (χ0) is 7.11. The monoisotopic (exact) mass is 144 g/mol. The summed E-state index contributed by atoms with van der Waals surface area (Å²) in [5, 5.41) is 2.33. The van der Waals surface area contributed by atoms with Gasteiger partial charge < -0.3 is 4.90 Å². The van der Waals surface area contributed by atoms with Gasteiger partial charge in [-0.25, -0.2) is 4.99 Å². The third-order valence-electron chi connectivity index (χ3n) is 1.20. The van der Waals surface area contributed by atoms with Gasteiger partial charge in [-0.05, 0) is 25.8 Å². The van der Waals surface area contributed by atoms with Gasteiger partial charge in [-0.2, -0.15) is 0 Å². The van der Waals surface area contributed by atoms with Gasteiger partial charge in [0.05, 0.1) is 11.7 Å². The Morgan fingerprint density at radius 3 is 2.78 bits per heavy atom. The molecule has 52 valence electrons. The highest BCUT2D eigenvalue weighted by atomic mass is 32.1. The van der Waals surface area contributed by atoms with Crippen LogP contribution in [0.4, 0.5) is 0 Å². The predicted octanol–water partition coefficient (Wildman–Crippen LogP) is 1.04. The predicted molar refractivity (Wildman–Crippen MR) is 43.1 cm³/mol. The highest BCUT2D eigenvalue weighted by molar-refractivity contribution is 7.78. The molecule has 0 amide bonds. The van der Waals surface area contributed by atoms with E-state index in [0.717, 1.165) is 19.6 Å². The number of hydrogen-bond donors (Lipinski definition) is 0. The molecule has 0 fully saturated rings. The van der Waals surface area contributed by atoms with Crippen molar-refractivity contribution in [3.63, 3.8) is 0 Å². The zero-order valence-corrected chi connectivity index (χ0v) is 6.74. The summed E-state index contributed by atoms with van der Waals surface area (Å²) < 4.78 is 0. The summed E-state index contributed by atoms with van der Waals surface area (Å²) in [6.45, 7) is 4.92. The van der Waals surface area contributed by atoms with E-state index in [4.69, 9.17) is 0 Å². The van der Waals surface area contributed by atoms with Crippen LogP contribution in [-0.2, 0) is 0 Å². The van der Waals surface area contributed by atoms with Gasteiger partial charge in [-0.1, -0.05) is 6.92 Å². The lowest BCUT2D eigenvalue weighted by Crippen LogP contribution is -2.20. The van der Waals surface area contributed by atoms with Crippen LogP contribution in [0.25, 0.3) is 0 Å². The van der Waals surface area contributed by atoms with E-state index in [1.807, 2.05) is 0 Å². The lowest BCUT2D eigenvalue weighted by Gasteiger charge is -2.09. The molecule has 0 aliphatic carbocycles. The number of likely N-dealkylation sites (N-methyl/N-ethyl adjacent to an activating group) is 1. The van der Waals surface area contributed by atoms with Gasteiger partial charge in [0.15, 0.2) is 0 Å². The molecule has 0 heterocycles. The van der Waals surface area contributed by atoms with Crippen LogP contribution in [0.5, 0.6) is 0 Å². The first kappa shape index (κ1) is 8.76. The van der Waals surface area contributed by atoms with Gasteiger partial charge in [0.25, 0.3) is 0 Å². The first-order chi connectivity index (χ1) is 4.31. The Labute approximate surface area is 61.6 Å². The minimum atomic E-state index is 0.772. The molecule has 0 saturated heterocycles. The Bertz CT molecular complexity index is 108. The first-order valence-corrected chi connectivity index (χ1v) is 3.44. The van der Waals surface area contributed by atoms with E-state index < -0.39 is 0 Å². The molecule has 0 spiro atoms. The fourth-order valence-electron chi connectivity index (χ4n) is 0.424. The molecule has 2 nitrogen and oxygen atoms in total. The molecule has 0 unspecified atom stereocenters. The lowest BCUT2D eigenvalue weighted by atomic mass is 10.5. The summed E-state index contributed by atoms with van der Waals surface area (Å²) in [4.78, 5) is 5.96. The smallest absolute Gasteiger partial charge is 0.0620 e. The van der Waals surface area contributed by atoms with Crippen molar-refractivity contribution in [1.29, 1.82) is 0 Å². The highest BCUT2D eigenvalue weighted by Gasteiger charge is 1.89. The number of hydrogen-bond acceptors (Lipinski definition) is 3. The number of thiocarbonyl (C=S) groups is 1. The van der Waals surface area contributed by atoms with Crippen molar-refractivity contribution in [3.05, 3.63) is 0 Å². The third-order valence-corrected chi connectivity index (χ3v) is 1.33. The molecule has 0 aromatic rings. The fraction of sp³-hybridized carbons (Fsp3) is 0.833. The molecule has 0 aliphatic rings. The first-order valence-electron chi connectivity index (χ1n) is 3.03. The number of isothiocyanates is 1. The average Bonchev–Trinajstić information content (AvgIpc) is 1.89. The third kappa shape index (κ3) is 5.63. The largest absolute Gasteiger partial charge is 0.305 e. The number of nitrogens with zero attached hydrogens (tertiary/aromatic N) is 2. The van der Waals surface area contributed by atoms with Crippen LogP contribution in [0.1, 0.15) is 6.92 Å². The quantitative estimate of drug-likeness (QED) is 0.433. The molecule has 0 aromatic carbocycles. The van der Waals surface area contributed by atoms with Crippen molar-refractivity contribution in [2.45, 2.75) is 6.92 Å². The second-order valence-electron chi connectivity index (χ2n) is 1.87. The van der Waals surface area contributed by atoms with E-state index in [2.05, 4.69) is 41.2 Å². The topological polar surface area (TPSA) is 15.6 Å². The highest BCUT2D eigenvalue weighted by Crippen LogP contribution is 1.78. The minimum Gasteiger partial charge on any atom is -0.305 e. The molecule has 0 atom stereocenters. The van der Waals surface area contributed by atoms with E-state index in [0.29, 0.717) is 0 Å². The van der Waals surface area contributed by atoms with Crippen molar-refractivity contribution in [2.24, 2.45) is 4.99 Å². The molecule has 0 radical (unpaired) electrons. The molecular weight excluding hydrogens is 132 g/mol.